The average Bonchev–Trinajstić information content (AvgIpc) is 3.21. The van der Waals surface area contributed by atoms with E-state index in [4.69, 9.17) is 15.2 Å². The number of nitrogens with two attached hydrogens (primary N) is 1. The lowest BCUT2D eigenvalue weighted by Crippen LogP contribution is -2.37. The van der Waals surface area contributed by atoms with E-state index in [1.54, 1.807) is 18.2 Å². The van der Waals surface area contributed by atoms with Crippen LogP contribution in [0.15, 0.2) is 48.7 Å². The van der Waals surface area contributed by atoms with Crippen LogP contribution >= 0.6 is 0 Å². The lowest BCUT2D eigenvalue weighted by Gasteiger charge is -2.12. The third-order valence-electron chi connectivity index (χ3n) is 4.09. The van der Waals surface area contributed by atoms with Gasteiger partial charge in [0.25, 0.3) is 0 Å². The molecular formula is C18H17N3O3. The van der Waals surface area contributed by atoms with Gasteiger partial charge in [0.05, 0.1) is 6.04 Å². The van der Waals surface area contributed by atoms with E-state index in [9.17, 15) is 4.79 Å². The van der Waals surface area contributed by atoms with Gasteiger partial charge in [-0.1, -0.05) is 18.2 Å². The van der Waals surface area contributed by atoms with E-state index in [1.165, 1.54) is 0 Å². The summed E-state index contributed by atoms with van der Waals surface area (Å²) in [4.78, 5) is 15.5. The number of aromatic amines is 1. The summed E-state index contributed by atoms with van der Waals surface area (Å²) in [5.41, 5.74) is 8.78. The SMILES string of the molecule is N[C@@H](Cc1c[nH]c2ccccc12)C(=O)Nc1ccc2c(c1)OCO2. The fourth-order valence-corrected chi connectivity index (χ4v) is 2.84. The number of para-hydroxylation sites is 1. The maximum absolute atomic E-state index is 12.4. The number of H-pyrrole nitrogens is 1. The molecule has 0 bridgehead atoms. The van der Waals surface area contributed by atoms with Crippen LogP contribution in [0.5, 0.6) is 11.5 Å². The molecule has 0 saturated carbocycles. The van der Waals surface area contributed by atoms with Crippen molar-refractivity contribution in [2.75, 3.05) is 12.1 Å². The number of fused-ring (bicyclic) bond motifs is 2. The molecule has 4 N–H and O–H groups in total. The molecule has 6 nitrogen and oxygen atoms in total. The van der Waals surface area contributed by atoms with Crippen LogP contribution < -0.4 is 20.5 Å². The molecular weight excluding hydrogens is 306 g/mol. The summed E-state index contributed by atoms with van der Waals surface area (Å²) in [6, 6.07) is 12.6. The van der Waals surface area contributed by atoms with Crippen LogP contribution in [0.25, 0.3) is 10.9 Å². The van der Waals surface area contributed by atoms with E-state index in [2.05, 4.69) is 10.3 Å². The molecule has 1 amide bonds. The van der Waals surface area contributed by atoms with E-state index in [-0.39, 0.29) is 12.7 Å². The molecule has 4 rings (SSSR count). The molecule has 6 heteroatoms. The molecule has 0 fully saturated rings. The number of carbonyl (C=O) groups is 1. The summed E-state index contributed by atoms with van der Waals surface area (Å²) in [5.74, 6) is 1.06. The maximum atomic E-state index is 12.4. The number of carbonyl (C=O) groups excluding carboxylic acids is 1. The predicted octanol–water partition coefficient (Wildman–Crippen LogP) is 2.41. The van der Waals surface area contributed by atoms with E-state index in [0.29, 0.717) is 23.6 Å². The van der Waals surface area contributed by atoms with Gasteiger partial charge in [0.2, 0.25) is 12.7 Å². The number of aromatic nitrogens is 1. The molecule has 1 aliphatic rings. The van der Waals surface area contributed by atoms with Gasteiger partial charge in [-0.05, 0) is 30.2 Å². The second kappa shape index (κ2) is 5.90. The largest absolute Gasteiger partial charge is 0.454 e. The third kappa shape index (κ3) is 2.68. The standard InChI is InChI=1S/C18H17N3O3/c19-14(7-11-9-20-15-4-2-1-3-13(11)15)18(22)21-12-5-6-16-17(8-12)24-10-23-16/h1-6,8-9,14,20H,7,10,19H2,(H,21,22)/t14-/m0/s1. The fourth-order valence-electron chi connectivity index (χ4n) is 2.84. The fraction of sp³-hybridized carbons (Fsp3) is 0.167. The van der Waals surface area contributed by atoms with Crippen molar-refractivity contribution in [3.63, 3.8) is 0 Å². The Bertz CT molecular complexity index is 903. The van der Waals surface area contributed by atoms with Crippen LogP contribution in [0.2, 0.25) is 0 Å². The summed E-state index contributed by atoms with van der Waals surface area (Å²) in [7, 11) is 0. The molecule has 0 unspecified atom stereocenters. The number of anilines is 1. The molecule has 3 aromatic rings. The first kappa shape index (κ1) is 14.6. The van der Waals surface area contributed by atoms with Crippen LogP contribution in [-0.4, -0.2) is 23.7 Å². The molecule has 2 heterocycles. The summed E-state index contributed by atoms with van der Waals surface area (Å²) in [5, 5.41) is 3.91. The Morgan fingerprint density at radius 1 is 1.21 bits per heavy atom. The smallest absolute Gasteiger partial charge is 0.241 e. The van der Waals surface area contributed by atoms with E-state index >= 15 is 0 Å². The first-order chi connectivity index (χ1) is 11.7. The van der Waals surface area contributed by atoms with Crippen LogP contribution in [-0.2, 0) is 11.2 Å². The number of hydrogen-bond acceptors (Lipinski definition) is 4. The Balaban J connectivity index is 1.46. The lowest BCUT2D eigenvalue weighted by atomic mass is 10.0. The van der Waals surface area contributed by atoms with Crippen LogP contribution in [0, 0.1) is 0 Å². The molecule has 2 aromatic carbocycles. The molecule has 0 radical (unpaired) electrons. The second-order valence-electron chi connectivity index (χ2n) is 5.73. The first-order valence-corrected chi connectivity index (χ1v) is 7.72. The minimum atomic E-state index is -0.644. The van der Waals surface area contributed by atoms with Crippen molar-refractivity contribution in [2.45, 2.75) is 12.5 Å². The Hall–Kier alpha value is -2.99. The highest BCUT2D eigenvalue weighted by Gasteiger charge is 2.18. The van der Waals surface area contributed by atoms with Crippen molar-refractivity contribution in [3.05, 3.63) is 54.2 Å². The van der Waals surface area contributed by atoms with Crippen molar-refractivity contribution in [1.82, 2.24) is 4.98 Å². The van der Waals surface area contributed by atoms with Crippen molar-refractivity contribution in [3.8, 4) is 11.5 Å². The van der Waals surface area contributed by atoms with Gasteiger partial charge in [0.1, 0.15) is 0 Å². The minimum absolute atomic E-state index is 0.201. The zero-order valence-electron chi connectivity index (χ0n) is 12.9. The van der Waals surface area contributed by atoms with Crippen LogP contribution in [0.4, 0.5) is 5.69 Å². The summed E-state index contributed by atoms with van der Waals surface area (Å²) < 4.78 is 10.6. The number of benzene rings is 2. The Morgan fingerprint density at radius 2 is 2.04 bits per heavy atom. The predicted molar refractivity (Wildman–Crippen MR) is 91.2 cm³/mol. The highest BCUT2D eigenvalue weighted by Crippen LogP contribution is 2.34. The summed E-state index contributed by atoms with van der Waals surface area (Å²) in [6.45, 7) is 0.201. The van der Waals surface area contributed by atoms with E-state index < -0.39 is 6.04 Å². The highest BCUT2D eigenvalue weighted by molar-refractivity contribution is 5.95. The molecule has 1 aromatic heterocycles. The molecule has 0 aliphatic carbocycles. The zero-order chi connectivity index (χ0) is 16.5. The summed E-state index contributed by atoms with van der Waals surface area (Å²) >= 11 is 0. The molecule has 1 aliphatic heterocycles. The maximum Gasteiger partial charge on any atom is 0.241 e. The van der Waals surface area contributed by atoms with Gasteiger partial charge in [-0.2, -0.15) is 0 Å². The Labute approximate surface area is 138 Å². The van der Waals surface area contributed by atoms with Gasteiger partial charge < -0.3 is 25.5 Å². The lowest BCUT2D eigenvalue weighted by molar-refractivity contribution is -0.117. The normalized spacial score (nSPS) is 13.9. The number of nitrogens with one attached hydrogen (secondary N) is 2. The molecule has 0 saturated heterocycles. The zero-order valence-corrected chi connectivity index (χ0v) is 12.9. The van der Waals surface area contributed by atoms with Crippen molar-refractivity contribution >= 4 is 22.5 Å². The Morgan fingerprint density at radius 3 is 2.96 bits per heavy atom. The van der Waals surface area contributed by atoms with E-state index in [1.807, 2.05) is 30.5 Å². The monoisotopic (exact) mass is 323 g/mol. The number of amides is 1. The molecule has 0 spiro atoms. The van der Waals surface area contributed by atoms with Crippen molar-refractivity contribution < 1.29 is 14.3 Å². The average molecular weight is 323 g/mol. The number of hydrogen-bond donors (Lipinski definition) is 3. The second-order valence-corrected chi connectivity index (χ2v) is 5.73. The molecule has 1 atom stereocenters. The van der Waals surface area contributed by atoms with Gasteiger partial charge in [-0.25, -0.2) is 0 Å². The van der Waals surface area contributed by atoms with Gasteiger partial charge in [-0.15, -0.1) is 0 Å². The van der Waals surface area contributed by atoms with Crippen molar-refractivity contribution in [1.29, 1.82) is 0 Å². The topological polar surface area (TPSA) is 89.4 Å². The van der Waals surface area contributed by atoms with Gasteiger partial charge in [0, 0.05) is 28.9 Å². The first-order valence-electron chi connectivity index (χ1n) is 7.72. The molecule has 122 valence electrons. The van der Waals surface area contributed by atoms with Crippen LogP contribution in [0.1, 0.15) is 5.56 Å². The minimum Gasteiger partial charge on any atom is -0.454 e. The van der Waals surface area contributed by atoms with E-state index in [0.717, 1.165) is 16.5 Å². The van der Waals surface area contributed by atoms with Crippen LogP contribution in [0.3, 0.4) is 0 Å². The summed E-state index contributed by atoms with van der Waals surface area (Å²) in [6.07, 6.45) is 2.36. The Kier molecular flexibility index (Phi) is 3.59. The van der Waals surface area contributed by atoms with Gasteiger partial charge in [0.15, 0.2) is 11.5 Å². The molecule has 24 heavy (non-hydrogen) atoms. The quantitative estimate of drug-likeness (QED) is 0.688. The number of rotatable bonds is 4. The van der Waals surface area contributed by atoms with Gasteiger partial charge in [-0.3, -0.25) is 4.79 Å². The third-order valence-corrected chi connectivity index (χ3v) is 4.09. The number of ether oxygens (including phenoxy) is 2. The van der Waals surface area contributed by atoms with Crippen molar-refractivity contribution in [2.24, 2.45) is 5.73 Å². The highest BCUT2D eigenvalue weighted by atomic mass is 16.7. The van der Waals surface area contributed by atoms with Gasteiger partial charge >= 0.3 is 0 Å².